The summed E-state index contributed by atoms with van der Waals surface area (Å²) in [4.78, 5) is 25.8. The molecule has 2 aliphatic heterocycles. The van der Waals surface area contributed by atoms with Gasteiger partial charge in [-0.2, -0.15) is 4.98 Å². The van der Waals surface area contributed by atoms with Gasteiger partial charge in [0.1, 0.15) is 5.82 Å². The van der Waals surface area contributed by atoms with Gasteiger partial charge in [-0.15, -0.1) is 0 Å². The molecule has 3 heterocycles. The number of rotatable bonds is 12. The Kier molecular flexibility index (Phi) is 9.58. The Morgan fingerprint density at radius 2 is 1.72 bits per heavy atom. The monoisotopic (exact) mass is 531 g/mol. The molecule has 1 aromatic heterocycles. The number of nitrogens with zero attached hydrogens (tertiary/aromatic N) is 4. The van der Waals surface area contributed by atoms with Crippen molar-refractivity contribution in [1.82, 2.24) is 19.8 Å². The number of hydrogen-bond donors (Lipinski definition) is 3. The lowest BCUT2D eigenvalue weighted by molar-refractivity contribution is -0.117. The number of piperidine rings is 1. The zero-order valence-corrected chi connectivity index (χ0v) is 22.8. The third-order valence-electron chi connectivity index (χ3n) is 7.75. The van der Waals surface area contributed by atoms with E-state index in [0.29, 0.717) is 18.3 Å². The van der Waals surface area contributed by atoms with Crippen LogP contribution in [0.5, 0.6) is 0 Å². The van der Waals surface area contributed by atoms with Crippen LogP contribution in [0.1, 0.15) is 36.3 Å². The minimum absolute atomic E-state index is 0.277. The number of carbonyl (C=O) groups excluding carboxylic acids is 1. The number of amides is 1. The molecule has 4 N–H and O–H groups in total. The van der Waals surface area contributed by atoms with Crippen LogP contribution in [0.25, 0.3) is 10.9 Å². The van der Waals surface area contributed by atoms with Crippen LogP contribution in [0.4, 0.5) is 11.8 Å². The van der Waals surface area contributed by atoms with Crippen molar-refractivity contribution in [1.29, 1.82) is 0 Å². The molecule has 2 aliphatic rings. The SMILES string of the molecule is NC(=O)Cc1cccc(C2CCN(CCCNc3nc(NCCN4CCOCC4)c4ccccc4n3)CC2)c1. The first-order valence-electron chi connectivity index (χ1n) is 14.3. The van der Waals surface area contributed by atoms with Gasteiger partial charge in [0.15, 0.2) is 0 Å². The minimum atomic E-state index is -0.277. The first-order chi connectivity index (χ1) is 19.1. The molecular weight excluding hydrogens is 490 g/mol. The highest BCUT2D eigenvalue weighted by Gasteiger charge is 2.20. The number of benzene rings is 2. The fraction of sp³-hybridized carbons (Fsp3) is 0.500. The second-order valence-corrected chi connectivity index (χ2v) is 10.6. The molecule has 0 unspecified atom stereocenters. The van der Waals surface area contributed by atoms with E-state index in [1.165, 1.54) is 5.56 Å². The van der Waals surface area contributed by atoms with Gasteiger partial charge in [-0.25, -0.2) is 4.98 Å². The van der Waals surface area contributed by atoms with Gasteiger partial charge in [-0.3, -0.25) is 9.69 Å². The summed E-state index contributed by atoms with van der Waals surface area (Å²) < 4.78 is 5.45. The number of nitrogens with two attached hydrogens (primary N) is 1. The van der Waals surface area contributed by atoms with Gasteiger partial charge in [0.05, 0.1) is 25.2 Å². The average Bonchev–Trinajstić information content (AvgIpc) is 2.96. The largest absolute Gasteiger partial charge is 0.379 e. The van der Waals surface area contributed by atoms with Crippen molar-refractivity contribution in [3.63, 3.8) is 0 Å². The van der Waals surface area contributed by atoms with Gasteiger partial charge in [0.2, 0.25) is 11.9 Å². The Hall–Kier alpha value is -3.27. The molecule has 0 atom stereocenters. The predicted octanol–water partition coefficient (Wildman–Crippen LogP) is 3.08. The molecule has 9 nitrogen and oxygen atoms in total. The Morgan fingerprint density at radius 1 is 0.923 bits per heavy atom. The van der Waals surface area contributed by atoms with Crippen molar-refractivity contribution in [2.24, 2.45) is 5.73 Å². The quantitative estimate of drug-likeness (QED) is 0.306. The van der Waals surface area contributed by atoms with Crippen molar-refractivity contribution >= 4 is 28.6 Å². The Balaban J connectivity index is 1.07. The lowest BCUT2D eigenvalue weighted by Crippen LogP contribution is -2.39. The number of hydrogen-bond acceptors (Lipinski definition) is 8. The molecule has 0 bridgehead atoms. The van der Waals surface area contributed by atoms with Crippen LogP contribution in [0.2, 0.25) is 0 Å². The zero-order valence-electron chi connectivity index (χ0n) is 22.8. The smallest absolute Gasteiger partial charge is 0.225 e. The topological polar surface area (TPSA) is 109 Å². The molecule has 2 saturated heterocycles. The first-order valence-corrected chi connectivity index (χ1v) is 14.3. The number of ether oxygens (including phenoxy) is 1. The normalized spacial score (nSPS) is 17.3. The summed E-state index contributed by atoms with van der Waals surface area (Å²) in [5.41, 5.74) is 8.67. The predicted molar refractivity (Wildman–Crippen MR) is 156 cm³/mol. The summed E-state index contributed by atoms with van der Waals surface area (Å²) in [5.74, 6) is 1.84. The molecule has 0 aliphatic carbocycles. The van der Waals surface area contributed by atoms with Gasteiger partial charge in [0, 0.05) is 38.1 Å². The molecule has 39 heavy (non-hydrogen) atoms. The van der Waals surface area contributed by atoms with Crippen molar-refractivity contribution in [2.75, 3.05) is 76.2 Å². The van der Waals surface area contributed by atoms with Gasteiger partial charge < -0.3 is 26.0 Å². The van der Waals surface area contributed by atoms with E-state index in [9.17, 15) is 4.79 Å². The Labute approximate surface area is 231 Å². The van der Waals surface area contributed by atoms with E-state index in [2.05, 4.69) is 38.6 Å². The van der Waals surface area contributed by atoms with Crippen molar-refractivity contribution in [2.45, 2.75) is 31.6 Å². The molecule has 2 fully saturated rings. The number of morpholine rings is 1. The number of para-hydroxylation sites is 1. The van der Waals surface area contributed by atoms with E-state index in [1.54, 1.807) is 0 Å². The molecule has 5 rings (SSSR count). The lowest BCUT2D eigenvalue weighted by Gasteiger charge is -2.32. The summed E-state index contributed by atoms with van der Waals surface area (Å²) in [6.07, 6.45) is 3.63. The second kappa shape index (κ2) is 13.7. The Morgan fingerprint density at radius 3 is 2.54 bits per heavy atom. The van der Waals surface area contributed by atoms with Crippen LogP contribution >= 0.6 is 0 Å². The van der Waals surface area contributed by atoms with Crippen LogP contribution in [0, 0.1) is 0 Å². The fourth-order valence-corrected chi connectivity index (χ4v) is 5.60. The molecule has 1 amide bonds. The van der Waals surface area contributed by atoms with E-state index >= 15 is 0 Å². The number of fused-ring (bicyclic) bond motifs is 1. The summed E-state index contributed by atoms with van der Waals surface area (Å²) in [7, 11) is 0. The van der Waals surface area contributed by atoms with Crippen LogP contribution in [0.3, 0.4) is 0 Å². The van der Waals surface area contributed by atoms with Crippen molar-refractivity contribution in [3.05, 3.63) is 59.7 Å². The van der Waals surface area contributed by atoms with Crippen molar-refractivity contribution in [3.8, 4) is 0 Å². The summed E-state index contributed by atoms with van der Waals surface area (Å²) in [6, 6.07) is 16.6. The third-order valence-corrected chi connectivity index (χ3v) is 7.75. The number of aromatic nitrogens is 2. The highest BCUT2D eigenvalue weighted by atomic mass is 16.5. The van der Waals surface area contributed by atoms with E-state index in [4.69, 9.17) is 20.4 Å². The molecular formula is C30H41N7O2. The van der Waals surface area contributed by atoms with Crippen LogP contribution in [-0.2, 0) is 16.0 Å². The molecule has 0 radical (unpaired) electrons. The van der Waals surface area contributed by atoms with Gasteiger partial charge in [-0.05, 0) is 68.1 Å². The number of carbonyl (C=O) groups is 1. The number of nitrogens with one attached hydrogen (secondary N) is 2. The van der Waals surface area contributed by atoms with Gasteiger partial charge in [-0.1, -0.05) is 36.4 Å². The molecule has 9 heteroatoms. The summed E-state index contributed by atoms with van der Waals surface area (Å²) in [5, 5.41) is 8.05. The maximum Gasteiger partial charge on any atom is 0.225 e. The first kappa shape index (κ1) is 27.3. The van der Waals surface area contributed by atoms with Crippen molar-refractivity contribution < 1.29 is 9.53 Å². The highest BCUT2D eigenvalue weighted by molar-refractivity contribution is 5.90. The number of primary amides is 1. The van der Waals surface area contributed by atoms with E-state index < -0.39 is 0 Å². The van der Waals surface area contributed by atoms with Gasteiger partial charge >= 0.3 is 0 Å². The molecule has 0 saturated carbocycles. The highest BCUT2D eigenvalue weighted by Crippen LogP contribution is 2.29. The lowest BCUT2D eigenvalue weighted by atomic mass is 9.88. The van der Waals surface area contributed by atoms with Crippen LogP contribution in [0.15, 0.2) is 48.5 Å². The number of anilines is 2. The summed E-state index contributed by atoms with van der Waals surface area (Å²) >= 11 is 0. The third kappa shape index (κ3) is 7.88. The average molecular weight is 532 g/mol. The minimum Gasteiger partial charge on any atom is -0.379 e. The molecule has 208 valence electrons. The maximum atomic E-state index is 11.3. The number of likely N-dealkylation sites (tertiary alicyclic amines) is 1. The second-order valence-electron chi connectivity index (χ2n) is 10.6. The zero-order chi connectivity index (χ0) is 26.9. The maximum absolute atomic E-state index is 11.3. The summed E-state index contributed by atoms with van der Waals surface area (Å²) in [6.45, 7) is 9.49. The Bertz CT molecular complexity index is 1220. The van der Waals surface area contributed by atoms with Crippen LogP contribution in [-0.4, -0.2) is 91.2 Å². The molecule has 2 aromatic carbocycles. The molecule has 0 spiro atoms. The fourth-order valence-electron chi connectivity index (χ4n) is 5.60. The molecule has 3 aromatic rings. The van der Waals surface area contributed by atoms with E-state index in [-0.39, 0.29) is 5.91 Å². The van der Waals surface area contributed by atoms with Gasteiger partial charge in [0.25, 0.3) is 0 Å². The van der Waals surface area contributed by atoms with E-state index in [0.717, 1.165) is 107 Å². The van der Waals surface area contributed by atoms with Crippen LogP contribution < -0.4 is 16.4 Å². The van der Waals surface area contributed by atoms with E-state index in [1.807, 2.05) is 30.3 Å². The standard InChI is InChI=1S/C30H41N7O2/c31-28(38)22-23-5-3-6-25(21-23)24-9-14-36(15-10-24)13-4-11-33-30-34-27-8-2-1-7-26(27)29(35-30)32-12-16-37-17-19-39-20-18-37/h1-3,5-8,21,24H,4,9-20,22H2,(H2,31,38)(H2,32,33,34,35).